The van der Waals surface area contributed by atoms with Gasteiger partial charge in [0.1, 0.15) is 18.8 Å². The third kappa shape index (κ3) is 5.32. The Bertz CT molecular complexity index is 1120. The second kappa shape index (κ2) is 10.4. The fraction of sp³-hybridized carbons (Fsp3) is 0.462. The first-order valence-corrected chi connectivity index (χ1v) is 11.9. The Hall–Kier alpha value is -3.15. The molecule has 2 atom stereocenters. The molecule has 8 heteroatoms. The van der Waals surface area contributed by atoms with Crippen molar-refractivity contribution in [2.24, 2.45) is 9.98 Å². The maximum absolute atomic E-state index is 14.1. The van der Waals surface area contributed by atoms with E-state index in [0.717, 1.165) is 63.3 Å². The van der Waals surface area contributed by atoms with Crippen molar-refractivity contribution in [2.75, 3.05) is 26.2 Å². The lowest BCUT2D eigenvalue weighted by Gasteiger charge is -2.33. The molecule has 3 aliphatic rings. The molecule has 176 valence electrons. The van der Waals surface area contributed by atoms with Gasteiger partial charge >= 0.3 is 0 Å². The van der Waals surface area contributed by atoms with Crippen LogP contribution in [0, 0.1) is 17.1 Å². The number of piperidine rings is 1. The predicted molar refractivity (Wildman–Crippen MR) is 127 cm³/mol. The summed E-state index contributed by atoms with van der Waals surface area (Å²) < 4.78 is 25.5. The zero-order valence-corrected chi connectivity index (χ0v) is 19.1. The van der Waals surface area contributed by atoms with Gasteiger partial charge in [0.15, 0.2) is 0 Å². The van der Waals surface area contributed by atoms with Crippen molar-refractivity contribution in [3.8, 4) is 11.9 Å². The normalized spacial score (nSPS) is 22.8. The Balaban J connectivity index is 1.12. The topological polar surface area (TPSA) is 83.1 Å². The summed E-state index contributed by atoms with van der Waals surface area (Å²) in [5.74, 6) is 0.414. The van der Waals surface area contributed by atoms with Gasteiger partial charge in [-0.1, -0.05) is 12.1 Å². The molecule has 0 saturated carbocycles. The van der Waals surface area contributed by atoms with Crippen molar-refractivity contribution in [2.45, 2.75) is 50.4 Å². The van der Waals surface area contributed by atoms with Gasteiger partial charge in [0.25, 0.3) is 0 Å². The molecule has 0 N–H and O–H groups in total. The quantitative estimate of drug-likeness (QED) is 0.596. The largest absolute Gasteiger partial charge is 0.473 e. The summed E-state index contributed by atoms with van der Waals surface area (Å²) in [5.41, 5.74) is 2.86. The van der Waals surface area contributed by atoms with Gasteiger partial charge in [-0.3, -0.25) is 9.89 Å². The van der Waals surface area contributed by atoms with Crippen LogP contribution in [-0.4, -0.2) is 60.3 Å². The van der Waals surface area contributed by atoms with Crippen molar-refractivity contribution in [1.29, 1.82) is 5.26 Å². The fourth-order valence-corrected chi connectivity index (χ4v) is 4.66. The number of aliphatic imine (C=N–C) groups is 2. The van der Waals surface area contributed by atoms with Crippen LogP contribution < -0.4 is 4.74 Å². The van der Waals surface area contributed by atoms with Gasteiger partial charge in [-0.2, -0.15) is 5.26 Å². The molecule has 2 saturated heterocycles. The number of aromatic nitrogens is 1. The molecular formula is C26H28FN5O2. The van der Waals surface area contributed by atoms with Gasteiger partial charge in [0.2, 0.25) is 5.88 Å². The van der Waals surface area contributed by atoms with E-state index in [9.17, 15) is 4.39 Å². The number of rotatable bonds is 8. The van der Waals surface area contributed by atoms with Crippen LogP contribution in [0.5, 0.6) is 5.88 Å². The summed E-state index contributed by atoms with van der Waals surface area (Å²) in [4.78, 5) is 16.2. The van der Waals surface area contributed by atoms with Crippen molar-refractivity contribution >= 4 is 12.1 Å². The second-order valence-corrected chi connectivity index (χ2v) is 9.08. The molecule has 5 rings (SSSR count). The highest BCUT2D eigenvalue weighted by Crippen LogP contribution is 2.29. The van der Waals surface area contributed by atoms with Gasteiger partial charge in [-0.25, -0.2) is 14.4 Å². The summed E-state index contributed by atoms with van der Waals surface area (Å²) in [7, 11) is 0. The zero-order chi connectivity index (χ0) is 23.3. The van der Waals surface area contributed by atoms with E-state index in [1.807, 2.05) is 18.2 Å². The van der Waals surface area contributed by atoms with Gasteiger partial charge in [-0.15, -0.1) is 0 Å². The standard InChI is InChI=1S/C26H28FN5O2/c27-22-12-18(14-28)4-5-20(22)16-34-26-3-1-2-23(31-26)19-6-9-32(10-7-19)15-25-24(29-17-30-25)13-21-8-11-33-21/h1-5,12,17,19,21,24H,6-11,13,15-16H2. The highest BCUT2D eigenvalue weighted by Gasteiger charge is 2.29. The van der Waals surface area contributed by atoms with Crippen molar-refractivity contribution in [1.82, 2.24) is 9.88 Å². The third-order valence-electron chi connectivity index (χ3n) is 6.83. The van der Waals surface area contributed by atoms with E-state index in [-0.39, 0.29) is 12.6 Å². The number of halogens is 1. The maximum Gasteiger partial charge on any atom is 0.213 e. The van der Waals surface area contributed by atoms with Gasteiger partial charge in [-0.05, 0) is 50.6 Å². The molecule has 4 heterocycles. The number of pyridine rings is 1. The lowest BCUT2D eigenvalue weighted by atomic mass is 9.92. The summed E-state index contributed by atoms with van der Waals surface area (Å²) in [5, 5.41) is 8.88. The minimum atomic E-state index is -0.442. The van der Waals surface area contributed by atoms with E-state index in [1.54, 1.807) is 24.5 Å². The van der Waals surface area contributed by atoms with Crippen molar-refractivity contribution < 1.29 is 13.9 Å². The fourth-order valence-electron chi connectivity index (χ4n) is 4.66. The lowest BCUT2D eigenvalue weighted by Crippen LogP contribution is -2.41. The molecule has 0 bridgehead atoms. The van der Waals surface area contributed by atoms with E-state index >= 15 is 0 Å². The molecule has 2 fully saturated rings. The molecule has 2 aromatic rings. The Morgan fingerprint density at radius 2 is 2.03 bits per heavy atom. The van der Waals surface area contributed by atoms with Gasteiger partial charge in [0, 0.05) is 42.8 Å². The Morgan fingerprint density at radius 1 is 1.18 bits per heavy atom. The first kappa shape index (κ1) is 22.6. The van der Waals surface area contributed by atoms with Crippen LogP contribution in [0.25, 0.3) is 0 Å². The lowest BCUT2D eigenvalue weighted by molar-refractivity contribution is -0.0549. The Labute approximate surface area is 199 Å². The van der Waals surface area contributed by atoms with Gasteiger partial charge in [0.05, 0.1) is 29.5 Å². The average molecular weight is 462 g/mol. The number of nitrogens with zero attached hydrogens (tertiary/aromatic N) is 5. The molecule has 34 heavy (non-hydrogen) atoms. The van der Waals surface area contributed by atoms with Crippen LogP contribution in [-0.2, 0) is 11.3 Å². The van der Waals surface area contributed by atoms with Crippen molar-refractivity contribution in [3.63, 3.8) is 0 Å². The number of hydrogen-bond acceptors (Lipinski definition) is 7. The van der Waals surface area contributed by atoms with Crippen LogP contribution in [0.1, 0.15) is 48.4 Å². The monoisotopic (exact) mass is 461 g/mol. The van der Waals surface area contributed by atoms with Crippen LogP contribution >= 0.6 is 0 Å². The molecule has 0 spiro atoms. The SMILES string of the molecule is N#Cc1ccc(COc2cccc(C3CCN(CC4=NC=NC4CC4CCO4)CC3)n2)c(F)c1. The van der Waals surface area contributed by atoms with Crippen LogP contribution in [0.4, 0.5) is 4.39 Å². The number of nitriles is 1. The van der Waals surface area contributed by atoms with E-state index in [0.29, 0.717) is 29.0 Å². The minimum Gasteiger partial charge on any atom is -0.473 e. The molecule has 7 nitrogen and oxygen atoms in total. The Kier molecular flexibility index (Phi) is 6.93. The number of likely N-dealkylation sites (tertiary alicyclic amines) is 1. The van der Waals surface area contributed by atoms with Crippen molar-refractivity contribution in [3.05, 3.63) is 59.0 Å². The second-order valence-electron chi connectivity index (χ2n) is 9.08. The molecule has 0 radical (unpaired) electrons. The van der Waals surface area contributed by atoms with E-state index in [4.69, 9.17) is 19.7 Å². The molecule has 0 amide bonds. The molecule has 0 aliphatic carbocycles. The summed E-state index contributed by atoms with van der Waals surface area (Å²) >= 11 is 0. The first-order valence-electron chi connectivity index (χ1n) is 11.9. The number of benzene rings is 1. The summed E-state index contributed by atoms with van der Waals surface area (Å²) in [6.07, 6.45) is 6.14. The highest BCUT2D eigenvalue weighted by atomic mass is 19.1. The minimum absolute atomic E-state index is 0.0731. The van der Waals surface area contributed by atoms with E-state index in [2.05, 4.69) is 14.9 Å². The molecule has 3 aliphatic heterocycles. The summed E-state index contributed by atoms with van der Waals surface area (Å²) in [6, 6.07) is 12.3. The average Bonchev–Trinajstić information content (AvgIpc) is 3.28. The highest BCUT2D eigenvalue weighted by molar-refractivity contribution is 6.00. The van der Waals surface area contributed by atoms with Crippen LogP contribution in [0.2, 0.25) is 0 Å². The van der Waals surface area contributed by atoms with E-state index < -0.39 is 5.82 Å². The molecular weight excluding hydrogens is 433 g/mol. The maximum atomic E-state index is 14.1. The molecule has 1 aromatic heterocycles. The summed E-state index contributed by atoms with van der Waals surface area (Å²) in [6.45, 7) is 3.77. The third-order valence-corrected chi connectivity index (χ3v) is 6.83. The predicted octanol–water partition coefficient (Wildman–Crippen LogP) is 3.88. The zero-order valence-electron chi connectivity index (χ0n) is 19.1. The van der Waals surface area contributed by atoms with Gasteiger partial charge < -0.3 is 9.47 Å². The Morgan fingerprint density at radius 3 is 2.76 bits per heavy atom. The van der Waals surface area contributed by atoms with E-state index in [1.165, 1.54) is 6.07 Å². The van der Waals surface area contributed by atoms with Crippen LogP contribution in [0.3, 0.4) is 0 Å². The smallest absolute Gasteiger partial charge is 0.213 e. The number of hydrogen-bond donors (Lipinski definition) is 0. The number of ether oxygens (including phenoxy) is 2. The van der Waals surface area contributed by atoms with Crippen LogP contribution in [0.15, 0.2) is 46.4 Å². The first-order chi connectivity index (χ1) is 16.7. The molecule has 1 aromatic carbocycles. The molecule has 2 unspecified atom stereocenters.